The number of aryl methyl sites for hydroxylation is 1. The summed E-state index contributed by atoms with van der Waals surface area (Å²) in [5.41, 5.74) is 2.11. The van der Waals surface area contributed by atoms with Crippen molar-refractivity contribution in [2.24, 2.45) is 11.8 Å². The molecular formula is C20H30Cl2N4OS. The number of carbonyl (C=O) groups is 1. The van der Waals surface area contributed by atoms with Gasteiger partial charge in [0.05, 0.1) is 10.7 Å². The quantitative estimate of drug-likeness (QED) is 0.600. The predicted octanol–water partition coefficient (Wildman–Crippen LogP) is 4.12. The van der Waals surface area contributed by atoms with Gasteiger partial charge in [-0.1, -0.05) is 6.92 Å². The van der Waals surface area contributed by atoms with Crippen molar-refractivity contribution in [2.45, 2.75) is 39.0 Å². The van der Waals surface area contributed by atoms with Gasteiger partial charge in [0.25, 0.3) is 0 Å². The van der Waals surface area contributed by atoms with Gasteiger partial charge < -0.3 is 10.6 Å². The number of thiazole rings is 1. The maximum Gasteiger partial charge on any atom is 0.220 e. The molecule has 8 heteroatoms. The van der Waals surface area contributed by atoms with E-state index in [0.717, 1.165) is 48.7 Å². The van der Waals surface area contributed by atoms with Crippen LogP contribution in [0.3, 0.4) is 0 Å². The Bertz CT molecular complexity index is 693. The molecule has 0 aliphatic carbocycles. The molecule has 3 heterocycles. The molecule has 5 nitrogen and oxygen atoms in total. The van der Waals surface area contributed by atoms with Gasteiger partial charge in [-0.25, -0.2) is 4.98 Å². The summed E-state index contributed by atoms with van der Waals surface area (Å²) >= 11 is 1.68. The van der Waals surface area contributed by atoms with E-state index >= 15 is 0 Å². The molecule has 0 aromatic carbocycles. The van der Waals surface area contributed by atoms with Crippen molar-refractivity contribution in [3.63, 3.8) is 0 Å². The number of halogens is 2. The Morgan fingerprint density at radius 2 is 2.00 bits per heavy atom. The second kappa shape index (κ2) is 13.1. The fraction of sp³-hybridized carbons (Fsp3) is 0.550. The van der Waals surface area contributed by atoms with Crippen molar-refractivity contribution in [1.82, 2.24) is 20.6 Å². The Morgan fingerprint density at radius 1 is 1.29 bits per heavy atom. The summed E-state index contributed by atoms with van der Waals surface area (Å²) in [7, 11) is 0. The third-order valence-corrected chi connectivity index (χ3v) is 6.02. The molecule has 2 aromatic heterocycles. The van der Waals surface area contributed by atoms with Crippen LogP contribution in [0.15, 0.2) is 29.9 Å². The minimum absolute atomic E-state index is 0. The molecule has 0 spiro atoms. The SMILES string of the molecule is CC(CC(=O)NCCCc1nc(-c2ccncc2)cs1)C1CCNCC1.Cl.Cl. The highest BCUT2D eigenvalue weighted by atomic mass is 35.5. The highest BCUT2D eigenvalue weighted by molar-refractivity contribution is 7.09. The maximum absolute atomic E-state index is 12.2. The number of amides is 1. The summed E-state index contributed by atoms with van der Waals surface area (Å²) < 4.78 is 0. The molecule has 1 aliphatic heterocycles. The van der Waals surface area contributed by atoms with Crippen molar-refractivity contribution in [2.75, 3.05) is 19.6 Å². The van der Waals surface area contributed by atoms with Gasteiger partial charge in [0, 0.05) is 42.7 Å². The van der Waals surface area contributed by atoms with Gasteiger partial charge in [0.1, 0.15) is 0 Å². The molecule has 28 heavy (non-hydrogen) atoms. The van der Waals surface area contributed by atoms with E-state index in [2.05, 4.69) is 32.9 Å². The second-order valence-corrected chi connectivity index (χ2v) is 8.03. The first kappa shape index (κ1) is 24.8. The summed E-state index contributed by atoms with van der Waals surface area (Å²) in [6.45, 7) is 5.12. The van der Waals surface area contributed by atoms with Crippen LogP contribution in [-0.2, 0) is 11.2 Å². The average Bonchev–Trinajstić information content (AvgIpc) is 3.15. The van der Waals surface area contributed by atoms with Gasteiger partial charge in [-0.2, -0.15) is 0 Å². The molecule has 1 aliphatic rings. The molecule has 1 fully saturated rings. The molecule has 0 bridgehead atoms. The number of nitrogens with zero attached hydrogens (tertiary/aromatic N) is 2. The van der Waals surface area contributed by atoms with Crippen molar-refractivity contribution in [3.05, 3.63) is 34.9 Å². The van der Waals surface area contributed by atoms with Crippen LogP contribution in [0, 0.1) is 11.8 Å². The molecule has 1 amide bonds. The lowest BCUT2D eigenvalue weighted by atomic mass is 9.84. The summed E-state index contributed by atoms with van der Waals surface area (Å²) in [5.74, 6) is 1.34. The van der Waals surface area contributed by atoms with Gasteiger partial charge >= 0.3 is 0 Å². The standard InChI is InChI=1S/C20H28N4OS.2ClH/c1-15(16-4-9-21-10-5-16)13-19(25)23-8-2-3-20-24-18(14-26-20)17-6-11-22-12-7-17;;/h6-7,11-12,14-16,21H,2-5,8-10,13H2,1H3,(H,23,25);2*1H. The summed E-state index contributed by atoms with van der Waals surface area (Å²) in [4.78, 5) is 20.9. The predicted molar refractivity (Wildman–Crippen MR) is 121 cm³/mol. The molecule has 1 atom stereocenters. The third kappa shape index (κ3) is 7.66. The number of nitrogens with one attached hydrogen (secondary N) is 2. The zero-order valence-corrected chi connectivity index (χ0v) is 18.7. The Labute approximate surface area is 184 Å². The highest BCUT2D eigenvalue weighted by Crippen LogP contribution is 2.24. The lowest BCUT2D eigenvalue weighted by molar-refractivity contribution is -0.122. The van der Waals surface area contributed by atoms with E-state index < -0.39 is 0 Å². The Balaban J connectivity index is 0.00000196. The molecule has 1 unspecified atom stereocenters. The van der Waals surface area contributed by atoms with Crippen LogP contribution in [0.25, 0.3) is 11.3 Å². The minimum atomic E-state index is 0. The topological polar surface area (TPSA) is 66.9 Å². The van der Waals surface area contributed by atoms with E-state index in [0.29, 0.717) is 18.3 Å². The van der Waals surface area contributed by atoms with Crippen LogP contribution in [-0.4, -0.2) is 35.5 Å². The lowest BCUT2D eigenvalue weighted by Crippen LogP contribution is -2.33. The smallest absolute Gasteiger partial charge is 0.220 e. The molecular weight excluding hydrogens is 415 g/mol. The first-order valence-corrected chi connectivity index (χ1v) is 10.4. The molecule has 0 saturated carbocycles. The molecule has 1 saturated heterocycles. The zero-order chi connectivity index (χ0) is 18.2. The van der Waals surface area contributed by atoms with Crippen LogP contribution in [0.1, 0.15) is 37.6 Å². The highest BCUT2D eigenvalue weighted by Gasteiger charge is 2.21. The van der Waals surface area contributed by atoms with Crippen molar-refractivity contribution < 1.29 is 4.79 Å². The van der Waals surface area contributed by atoms with Crippen LogP contribution in [0.2, 0.25) is 0 Å². The lowest BCUT2D eigenvalue weighted by Gasteiger charge is -2.27. The number of piperidine rings is 1. The van der Waals surface area contributed by atoms with Gasteiger partial charge in [0.15, 0.2) is 0 Å². The molecule has 156 valence electrons. The van der Waals surface area contributed by atoms with E-state index in [1.807, 2.05) is 12.1 Å². The average molecular weight is 445 g/mol. The van der Waals surface area contributed by atoms with Crippen LogP contribution < -0.4 is 10.6 Å². The van der Waals surface area contributed by atoms with E-state index in [9.17, 15) is 4.79 Å². The number of rotatable bonds is 8. The zero-order valence-electron chi connectivity index (χ0n) is 16.2. The molecule has 0 radical (unpaired) electrons. The fourth-order valence-electron chi connectivity index (χ4n) is 3.49. The van der Waals surface area contributed by atoms with E-state index in [-0.39, 0.29) is 30.7 Å². The first-order valence-electron chi connectivity index (χ1n) is 9.54. The van der Waals surface area contributed by atoms with Gasteiger partial charge in [0.2, 0.25) is 5.91 Å². The largest absolute Gasteiger partial charge is 0.356 e. The maximum atomic E-state index is 12.2. The number of pyridine rings is 1. The van der Waals surface area contributed by atoms with Crippen LogP contribution in [0.5, 0.6) is 0 Å². The number of hydrogen-bond acceptors (Lipinski definition) is 5. The Kier molecular flexibility index (Phi) is 11.6. The van der Waals surface area contributed by atoms with Crippen LogP contribution in [0.4, 0.5) is 0 Å². The summed E-state index contributed by atoms with van der Waals surface area (Å²) in [6.07, 6.45) is 8.44. The third-order valence-electron chi connectivity index (χ3n) is 5.11. The van der Waals surface area contributed by atoms with Crippen molar-refractivity contribution in [3.8, 4) is 11.3 Å². The van der Waals surface area contributed by atoms with E-state index in [4.69, 9.17) is 0 Å². The van der Waals surface area contributed by atoms with Crippen molar-refractivity contribution >= 4 is 42.1 Å². The van der Waals surface area contributed by atoms with E-state index in [1.54, 1.807) is 23.7 Å². The van der Waals surface area contributed by atoms with Gasteiger partial charge in [-0.05, 0) is 56.3 Å². The monoisotopic (exact) mass is 444 g/mol. The first-order chi connectivity index (χ1) is 12.7. The number of carbonyl (C=O) groups excluding carboxylic acids is 1. The van der Waals surface area contributed by atoms with E-state index in [1.165, 1.54) is 12.8 Å². The molecule has 2 aromatic rings. The normalized spacial score (nSPS) is 15.2. The molecule has 2 N–H and O–H groups in total. The van der Waals surface area contributed by atoms with Crippen LogP contribution >= 0.6 is 36.2 Å². The Hall–Kier alpha value is -1.21. The fourth-order valence-corrected chi connectivity index (χ4v) is 4.34. The number of hydrogen-bond donors (Lipinski definition) is 2. The van der Waals surface area contributed by atoms with Crippen molar-refractivity contribution in [1.29, 1.82) is 0 Å². The summed E-state index contributed by atoms with van der Waals surface area (Å²) in [5, 5.41) is 9.67. The minimum Gasteiger partial charge on any atom is -0.356 e. The Morgan fingerprint density at radius 3 is 2.71 bits per heavy atom. The second-order valence-electron chi connectivity index (χ2n) is 7.08. The summed E-state index contributed by atoms with van der Waals surface area (Å²) in [6, 6.07) is 3.95. The molecule has 3 rings (SSSR count). The number of aromatic nitrogens is 2. The van der Waals surface area contributed by atoms with Gasteiger partial charge in [-0.3, -0.25) is 9.78 Å². The van der Waals surface area contributed by atoms with Gasteiger partial charge in [-0.15, -0.1) is 36.2 Å².